The van der Waals surface area contributed by atoms with Crippen LogP contribution in [-0.2, 0) is 28.7 Å². The van der Waals surface area contributed by atoms with Gasteiger partial charge in [-0.15, -0.1) is 0 Å². The lowest BCUT2D eigenvalue weighted by Gasteiger charge is -2.60. The van der Waals surface area contributed by atoms with Gasteiger partial charge < -0.3 is 30.3 Å². The molecule has 0 spiro atoms. The molecule has 1 saturated heterocycles. The highest BCUT2D eigenvalue weighted by molar-refractivity contribution is 5.88. The summed E-state index contributed by atoms with van der Waals surface area (Å²) in [5.41, 5.74) is -2.49. The Morgan fingerprint density at radius 1 is 0.867 bits per heavy atom. The molecule has 0 amide bonds. The summed E-state index contributed by atoms with van der Waals surface area (Å²) in [7, 11) is 0. The molecule has 11 nitrogen and oxygen atoms in total. The number of carboxylic acid groups (broad SMARTS) is 3. The van der Waals surface area contributed by atoms with E-state index in [9.17, 15) is 19.8 Å². The van der Waals surface area contributed by atoms with Crippen LogP contribution < -0.4 is 0 Å². The molecular weight excluding hydrogens is 584 g/mol. The van der Waals surface area contributed by atoms with Gasteiger partial charge in [0.1, 0.15) is 11.9 Å². The second kappa shape index (κ2) is 12.6. The highest BCUT2D eigenvalue weighted by Crippen LogP contribution is 2.74. The summed E-state index contributed by atoms with van der Waals surface area (Å²) in [6.45, 7) is 13.7. The van der Waals surface area contributed by atoms with Gasteiger partial charge in [0.25, 0.3) is 17.9 Å². The number of carbonyl (C=O) groups excluding carboxylic acids is 2. The smallest absolute Gasteiger partial charge is 0.343 e. The van der Waals surface area contributed by atoms with E-state index in [1.807, 2.05) is 6.92 Å². The highest BCUT2D eigenvalue weighted by Gasteiger charge is 2.74. The van der Waals surface area contributed by atoms with Gasteiger partial charge in [-0.3, -0.25) is 19.2 Å². The van der Waals surface area contributed by atoms with Gasteiger partial charge in [0.05, 0.1) is 5.41 Å². The molecule has 6 aliphatic rings. The zero-order valence-corrected chi connectivity index (χ0v) is 27.6. The number of aliphatic carboxylic acids is 3. The van der Waals surface area contributed by atoms with Gasteiger partial charge in [-0.1, -0.05) is 32.9 Å². The van der Waals surface area contributed by atoms with Gasteiger partial charge in [-0.05, 0) is 98.4 Å². The van der Waals surface area contributed by atoms with Crippen molar-refractivity contribution in [1.82, 2.24) is 0 Å². The quantitative estimate of drug-likeness (QED) is 0.188. The molecule has 0 bridgehead atoms. The molecule has 11 heteroatoms. The number of carbonyl (C=O) groups is 5. The number of rotatable bonds is 0. The number of ketones is 1. The van der Waals surface area contributed by atoms with Gasteiger partial charge in [-0.2, -0.15) is 0 Å². The van der Waals surface area contributed by atoms with Crippen molar-refractivity contribution >= 4 is 29.7 Å². The maximum Gasteiger partial charge on any atom is 0.343 e. The van der Waals surface area contributed by atoms with Crippen molar-refractivity contribution in [3.8, 4) is 0 Å². The van der Waals surface area contributed by atoms with E-state index < -0.39 is 41.0 Å². The molecule has 0 radical (unpaired) electrons. The zero-order valence-electron chi connectivity index (χ0n) is 27.6. The van der Waals surface area contributed by atoms with Crippen LogP contribution in [0.1, 0.15) is 87.5 Å². The number of aliphatic hydroxyl groups is 2. The number of allylic oxidation sites excluding steroid dienone is 3. The summed E-state index contributed by atoms with van der Waals surface area (Å²) in [4.78, 5) is 53.2. The standard InChI is InChI=1S/C28H38O5.3C2H4O2/c1-14-12-19-27(4,28(5,32)24(31)33-19)18-13-17-20-15(9-11-26(17,3)21(14)18)25(2)10-7-6-8-16(25)22(29)23(20)30;3*1-2(3)4/h6-7,12,14-18,20-21,23,30,32H,8-11,13H2,1-5H3;3*1H3,(H,3,4)/t14-,15?,16?,17?,18?,20?,21?,23-,25-,26+,27-,28-;;;/m1.../s1. The molecule has 3 saturated carbocycles. The molecule has 6 unspecified atom stereocenters. The molecule has 4 fully saturated rings. The van der Waals surface area contributed by atoms with E-state index in [-0.39, 0.29) is 52.1 Å². The fraction of sp³-hybridized carbons (Fsp3) is 0.735. The topological polar surface area (TPSA) is 196 Å². The van der Waals surface area contributed by atoms with Crippen LogP contribution in [0.2, 0.25) is 0 Å². The first-order valence-electron chi connectivity index (χ1n) is 15.7. The maximum absolute atomic E-state index is 13.5. The molecule has 252 valence electrons. The number of esters is 1. The Bertz CT molecular complexity index is 1240. The minimum atomic E-state index is -1.57. The molecule has 45 heavy (non-hydrogen) atoms. The number of hydrogen-bond acceptors (Lipinski definition) is 8. The van der Waals surface area contributed by atoms with Gasteiger partial charge in [0.2, 0.25) is 0 Å². The summed E-state index contributed by atoms with van der Waals surface area (Å²) in [5.74, 6) is -1.48. The lowest BCUT2D eigenvalue weighted by atomic mass is 9.44. The second-order valence-electron chi connectivity index (χ2n) is 14.6. The minimum Gasteiger partial charge on any atom is -0.481 e. The first kappa shape index (κ1) is 36.4. The van der Waals surface area contributed by atoms with Gasteiger partial charge in [0, 0.05) is 26.7 Å². The van der Waals surface area contributed by atoms with E-state index in [1.165, 1.54) is 0 Å². The summed E-state index contributed by atoms with van der Waals surface area (Å²) < 4.78 is 5.64. The number of hydrogen-bond donors (Lipinski definition) is 5. The first-order chi connectivity index (χ1) is 20.6. The lowest BCUT2D eigenvalue weighted by molar-refractivity contribution is -0.174. The van der Waals surface area contributed by atoms with Crippen molar-refractivity contribution in [3.05, 3.63) is 24.0 Å². The highest BCUT2D eigenvalue weighted by atomic mass is 16.6. The Kier molecular flexibility index (Phi) is 10.2. The van der Waals surface area contributed by atoms with E-state index in [0.29, 0.717) is 11.7 Å². The number of Topliss-reactive ketones (excluding diaryl/α,β-unsaturated/α-hetero) is 1. The Morgan fingerprint density at radius 3 is 1.93 bits per heavy atom. The third-order valence-electron chi connectivity index (χ3n) is 12.1. The van der Waals surface area contributed by atoms with Crippen molar-refractivity contribution in [2.45, 2.75) is 99.2 Å². The van der Waals surface area contributed by atoms with Crippen LogP contribution >= 0.6 is 0 Å². The average Bonchev–Trinajstić information content (AvgIpc) is 3.31. The number of ether oxygens (including phenoxy) is 1. The van der Waals surface area contributed by atoms with E-state index in [1.54, 1.807) is 6.92 Å². The Hall–Kier alpha value is -3.05. The molecule has 1 aliphatic heterocycles. The summed E-state index contributed by atoms with van der Waals surface area (Å²) in [6.07, 6.45) is 10.1. The molecule has 1 heterocycles. The van der Waals surface area contributed by atoms with Crippen molar-refractivity contribution in [2.75, 3.05) is 0 Å². The predicted molar refractivity (Wildman–Crippen MR) is 162 cm³/mol. The van der Waals surface area contributed by atoms with Crippen molar-refractivity contribution in [1.29, 1.82) is 0 Å². The van der Waals surface area contributed by atoms with E-state index >= 15 is 0 Å². The van der Waals surface area contributed by atoms with Crippen LogP contribution in [-0.4, -0.2) is 66.9 Å². The van der Waals surface area contributed by atoms with Crippen LogP contribution in [0.4, 0.5) is 0 Å². The fourth-order valence-corrected chi connectivity index (χ4v) is 10.1. The Balaban J connectivity index is 0.000000398. The molecule has 5 N–H and O–H groups in total. The molecule has 0 aromatic rings. The SMILES string of the molecule is CC(=O)O.CC(=O)O.CC(=O)O.C[C@@H]1C=C2OC(=O)[C@@](C)(O)[C@]2(C)C2CC3C4C(CC[C@]3(C)C21)[C@@]1(C)CC=CCC1C(=O)[C@@H]4O. The maximum atomic E-state index is 13.5. The summed E-state index contributed by atoms with van der Waals surface area (Å²) >= 11 is 0. The lowest BCUT2D eigenvalue weighted by Crippen LogP contribution is -2.61. The van der Waals surface area contributed by atoms with Crippen molar-refractivity contribution in [3.63, 3.8) is 0 Å². The monoisotopic (exact) mass is 634 g/mol. The number of aliphatic hydroxyl groups excluding tert-OH is 1. The molecule has 12 atom stereocenters. The molecule has 6 rings (SSSR count). The van der Waals surface area contributed by atoms with Crippen molar-refractivity contribution < 1.29 is 54.2 Å². The van der Waals surface area contributed by atoms with E-state index in [4.69, 9.17) is 34.4 Å². The average molecular weight is 635 g/mol. The molecule has 0 aromatic carbocycles. The minimum absolute atomic E-state index is 0.0340. The largest absolute Gasteiger partial charge is 0.481 e. The van der Waals surface area contributed by atoms with Crippen LogP contribution in [0.15, 0.2) is 24.0 Å². The van der Waals surface area contributed by atoms with Gasteiger partial charge in [-0.25, -0.2) is 4.79 Å². The van der Waals surface area contributed by atoms with Crippen LogP contribution in [0, 0.1) is 57.7 Å². The first-order valence-corrected chi connectivity index (χ1v) is 15.7. The zero-order chi connectivity index (χ0) is 34.4. The number of carboxylic acids is 3. The van der Waals surface area contributed by atoms with E-state index in [0.717, 1.165) is 52.9 Å². The van der Waals surface area contributed by atoms with Crippen LogP contribution in [0.3, 0.4) is 0 Å². The third-order valence-corrected chi connectivity index (χ3v) is 12.1. The van der Waals surface area contributed by atoms with Crippen molar-refractivity contribution in [2.24, 2.45) is 57.7 Å². The van der Waals surface area contributed by atoms with Crippen LogP contribution in [0.5, 0.6) is 0 Å². The molecule has 0 aromatic heterocycles. The second-order valence-corrected chi connectivity index (χ2v) is 14.6. The molecule has 5 aliphatic carbocycles. The van der Waals surface area contributed by atoms with E-state index in [2.05, 4.69) is 39.0 Å². The Labute approximate surface area is 264 Å². The van der Waals surface area contributed by atoms with Gasteiger partial charge in [0.15, 0.2) is 11.4 Å². The summed E-state index contributed by atoms with van der Waals surface area (Å²) in [6, 6.07) is 0. The third kappa shape index (κ3) is 5.98. The predicted octanol–water partition coefficient (Wildman–Crippen LogP) is 4.31. The molecular formula is C34H50O11. The van der Waals surface area contributed by atoms with Gasteiger partial charge >= 0.3 is 5.97 Å². The Morgan fingerprint density at radius 2 is 1.40 bits per heavy atom. The summed E-state index contributed by atoms with van der Waals surface area (Å²) in [5, 5.41) is 45.1. The normalized spacial score (nSPS) is 45.0. The number of fused-ring (bicyclic) bond motifs is 9. The fourth-order valence-electron chi connectivity index (χ4n) is 10.1. The van der Waals surface area contributed by atoms with Crippen LogP contribution in [0.25, 0.3) is 0 Å².